The Labute approximate surface area is 158 Å². The van der Waals surface area contributed by atoms with Gasteiger partial charge in [-0.15, -0.1) is 11.3 Å². The van der Waals surface area contributed by atoms with Crippen LogP contribution >= 0.6 is 11.3 Å². The highest BCUT2D eigenvalue weighted by molar-refractivity contribution is 7.18. The number of H-pyrrole nitrogens is 1. The molecule has 5 aromatic heterocycles. The van der Waals surface area contributed by atoms with Gasteiger partial charge in [-0.3, -0.25) is 9.78 Å². The molecule has 0 aliphatic rings. The number of pyridine rings is 2. The molecule has 5 aromatic rings. The van der Waals surface area contributed by atoms with Crippen LogP contribution in [0.3, 0.4) is 0 Å². The summed E-state index contributed by atoms with van der Waals surface area (Å²) < 4.78 is 1.76. The van der Waals surface area contributed by atoms with Crippen LogP contribution in [0.25, 0.3) is 43.8 Å². The Bertz CT molecular complexity index is 1270. The molecule has 0 saturated heterocycles. The highest BCUT2D eigenvalue weighted by atomic mass is 32.1. The van der Waals surface area contributed by atoms with Gasteiger partial charge in [0, 0.05) is 46.9 Å². The van der Waals surface area contributed by atoms with Crippen molar-refractivity contribution in [2.24, 2.45) is 7.05 Å². The van der Waals surface area contributed by atoms with Crippen molar-refractivity contribution >= 4 is 32.6 Å². The van der Waals surface area contributed by atoms with E-state index in [0.717, 1.165) is 48.6 Å². The Morgan fingerprint density at radius 3 is 2.93 bits per heavy atom. The van der Waals surface area contributed by atoms with Crippen molar-refractivity contribution in [1.29, 1.82) is 0 Å². The normalized spacial score (nSPS) is 12.9. The maximum atomic E-state index is 10.0. The number of hydrogen-bond acceptors (Lipinski definition) is 6. The van der Waals surface area contributed by atoms with E-state index >= 15 is 0 Å². The lowest BCUT2D eigenvalue weighted by molar-refractivity contribution is 0.203. The Morgan fingerprint density at radius 1 is 1.26 bits per heavy atom. The Hall–Kier alpha value is -3.10. The molecule has 1 atom stereocenters. The molecule has 5 rings (SSSR count). The van der Waals surface area contributed by atoms with Crippen LogP contribution in [0.5, 0.6) is 0 Å². The van der Waals surface area contributed by atoms with E-state index in [0.29, 0.717) is 0 Å². The van der Waals surface area contributed by atoms with Gasteiger partial charge in [-0.1, -0.05) is 0 Å². The molecule has 0 fully saturated rings. The molecule has 0 bridgehead atoms. The van der Waals surface area contributed by atoms with E-state index in [1.54, 1.807) is 17.8 Å². The van der Waals surface area contributed by atoms with Gasteiger partial charge in [0.1, 0.15) is 4.83 Å². The lowest BCUT2D eigenvalue weighted by Gasteiger charge is -2.06. The first-order chi connectivity index (χ1) is 13.1. The van der Waals surface area contributed by atoms with Gasteiger partial charge >= 0.3 is 0 Å². The summed E-state index contributed by atoms with van der Waals surface area (Å²) in [5.41, 5.74) is 4.38. The van der Waals surface area contributed by atoms with Gasteiger partial charge in [-0.2, -0.15) is 10.2 Å². The number of rotatable bonds is 3. The molecule has 2 N–H and O–H groups in total. The minimum absolute atomic E-state index is 0.536. The van der Waals surface area contributed by atoms with Crippen molar-refractivity contribution in [2.45, 2.75) is 13.0 Å². The van der Waals surface area contributed by atoms with Gasteiger partial charge < -0.3 is 5.11 Å². The smallest absolute Gasteiger partial charge is 0.181 e. The number of nitrogens with zero attached hydrogens (tertiary/aromatic N) is 5. The fourth-order valence-corrected chi connectivity index (χ4v) is 4.19. The number of aryl methyl sites for hydroxylation is 1. The van der Waals surface area contributed by atoms with Crippen LogP contribution in [0.1, 0.15) is 17.9 Å². The summed E-state index contributed by atoms with van der Waals surface area (Å²) in [6.07, 6.45) is 4.96. The summed E-state index contributed by atoms with van der Waals surface area (Å²) in [5.74, 6) is 0. The molecule has 1 unspecified atom stereocenters. The zero-order chi connectivity index (χ0) is 18.5. The van der Waals surface area contributed by atoms with Gasteiger partial charge in [-0.25, -0.2) is 9.97 Å². The van der Waals surface area contributed by atoms with Crippen LogP contribution in [0, 0.1) is 0 Å². The summed E-state index contributed by atoms with van der Waals surface area (Å²) >= 11 is 1.50. The van der Waals surface area contributed by atoms with Gasteiger partial charge in [0.05, 0.1) is 17.5 Å². The molecule has 0 aliphatic carbocycles. The SMILES string of the molecule is CC(O)c1cc2c(-c3cnc4nn(C)cc4c3)cc(-c3ccn[nH]3)nc2s1. The summed E-state index contributed by atoms with van der Waals surface area (Å²) in [6, 6.07) is 8.02. The summed E-state index contributed by atoms with van der Waals surface area (Å²) in [7, 11) is 1.89. The third kappa shape index (κ3) is 2.70. The minimum atomic E-state index is -0.536. The topological polar surface area (TPSA) is 92.5 Å². The van der Waals surface area contributed by atoms with Gasteiger partial charge in [-0.05, 0) is 36.8 Å². The molecule has 0 spiro atoms. The molecule has 5 heterocycles. The number of aliphatic hydroxyl groups is 1. The second-order valence-corrected chi connectivity index (χ2v) is 7.57. The van der Waals surface area contributed by atoms with Crippen LogP contribution in [0.15, 0.2) is 42.9 Å². The van der Waals surface area contributed by atoms with Crippen molar-refractivity contribution in [3.8, 4) is 22.5 Å². The maximum absolute atomic E-state index is 10.0. The Balaban J connectivity index is 1.79. The molecule has 0 aromatic carbocycles. The quantitative estimate of drug-likeness (QED) is 0.501. The van der Waals surface area contributed by atoms with Crippen LogP contribution < -0.4 is 0 Å². The van der Waals surface area contributed by atoms with E-state index in [4.69, 9.17) is 4.98 Å². The number of aromatic nitrogens is 6. The molecular formula is C19H16N6OS. The van der Waals surface area contributed by atoms with E-state index in [1.165, 1.54) is 11.3 Å². The number of nitrogens with one attached hydrogen (secondary N) is 1. The highest BCUT2D eigenvalue weighted by Crippen LogP contribution is 2.38. The van der Waals surface area contributed by atoms with Gasteiger partial charge in [0.15, 0.2) is 5.65 Å². The molecule has 27 heavy (non-hydrogen) atoms. The first kappa shape index (κ1) is 16.1. The Morgan fingerprint density at radius 2 is 2.15 bits per heavy atom. The largest absolute Gasteiger partial charge is 0.388 e. The number of hydrogen-bond donors (Lipinski definition) is 2. The number of fused-ring (bicyclic) bond motifs is 2. The van der Waals surface area contributed by atoms with Gasteiger partial charge in [0.2, 0.25) is 0 Å². The van der Waals surface area contributed by atoms with Crippen molar-refractivity contribution in [3.63, 3.8) is 0 Å². The lowest BCUT2D eigenvalue weighted by Crippen LogP contribution is -1.89. The predicted molar refractivity (Wildman–Crippen MR) is 105 cm³/mol. The molecule has 0 saturated carbocycles. The van der Waals surface area contributed by atoms with E-state index in [-0.39, 0.29) is 0 Å². The second-order valence-electron chi connectivity index (χ2n) is 6.51. The van der Waals surface area contributed by atoms with E-state index < -0.39 is 6.10 Å². The molecule has 0 radical (unpaired) electrons. The average molecular weight is 376 g/mol. The third-order valence-electron chi connectivity index (χ3n) is 4.50. The molecule has 0 amide bonds. The maximum Gasteiger partial charge on any atom is 0.181 e. The molecule has 0 aliphatic heterocycles. The zero-order valence-corrected chi connectivity index (χ0v) is 15.5. The van der Waals surface area contributed by atoms with Crippen LogP contribution in [0.2, 0.25) is 0 Å². The van der Waals surface area contributed by atoms with Crippen molar-refractivity contribution in [1.82, 2.24) is 29.9 Å². The zero-order valence-electron chi connectivity index (χ0n) is 14.7. The van der Waals surface area contributed by atoms with Crippen molar-refractivity contribution < 1.29 is 5.11 Å². The molecule has 134 valence electrons. The van der Waals surface area contributed by atoms with E-state index in [1.807, 2.05) is 37.6 Å². The average Bonchev–Trinajstić information content (AvgIpc) is 3.37. The van der Waals surface area contributed by atoms with Crippen LogP contribution in [-0.4, -0.2) is 35.1 Å². The molecular weight excluding hydrogens is 360 g/mol. The number of thiophene rings is 1. The fraction of sp³-hybridized carbons (Fsp3) is 0.158. The van der Waals surface area contributed by atoms with Crippen LogP contribution in [-0.2, 0) is 7.05 Å². The highest BCUT2D eigenvalue weighted by Gasteiger charge is 2.16. The van der Waals surface area contributed by atoms with Crippen molar-refractivity contribution in [2.75, 3.05) is 0 Å². The Kier molecular flexibility index (Phi) is 3.56. The number of aromatic amines is 1. The lowest BCUT2D eigenvalue weighted by atomic mass is 10.0. The monoisotopic (exact) mass is 376 g/mol. The minimum Gasteiger partial charge on any atom is -0.388 e. The first-order valence-electron chi connectivity index (χ1n) is 8.50. The summed E-state index contributed by atoms with van der Waals surface area (Å²) in [4.78, 5) is 11.0. The molecule has 7 nitrogen and oxygen atoms in total. The summed E-state index contributed by atoms with van der Waals surface area (Å²) in [6.45, 7) is 1.77. The number of aliphatic hydroxyl groups excluding tert-OH is 1. The third-order valence-corrected chi connectivity index (χ3v) is 5.70. The summed E-state index contributed by atoms with van der Waals surface area (Å²) in [5, 5.41) is 23.4. The standard InChI is InChI=1S/C19H16N6OS/c1-10(26)17-7-14-13(11-5-12-9-25(2)24-18(12)20-8-11)6-16(22-19(14)27-17)15-3-4-21-23-15/h3-10,26H,1-2H3,(H,21,23). The van der Waals surface area contributed by atoms with Crippen LogP contribution in [0.4, 0.5) is 0 Å². The second kappa shape index (κ2) is 5.97. The predicted octanol–water partition coefficient (Wildman–Crippen LogP) is 3.69. The first-order valence-corrected chi connectivity index (χ1v) is 9.32. The van der Waals surface area contributed by atoms with E-state index in [9.17, 15) is 5.11 Å². The van der Waals surface area contributed by atoms with Gasteiger partial charge in [0.25, 0.3) is 0 Å². The fourth-order valence-electron chi connectivity index (χ4n) is 3.19. The molecule has 8 heteroatoms. The van der Waals surface area contributed by atoms with Crippen molar-refractivity contribution in [3.05, 3.63) is 47.7 Å². The van der Waals surface area contributed by atoms with E-state index in [2.05, 4.69) is 26.3 Å².